The van der Waals surface area contributed by atoms with Crippen molar-refractivity contribution in [1.82, 2.24) is 0 Å². The Morgan fingerprint density at radius 1 is 1.67 bits per heavy atom. The first kappa shape index (κ1) is 4.13. The van der Waals surface area contributed by atoms with E-state index in [4.69, 9.17) is 5.73 Å². The van der Waals surface area contributed by atoms with Crippen LogP contribution in [0.2, 0.25) is 0 Å². The molecule has 1 aliphatic rings. The summed E-state index contributed by atoms with van der Waals surface area (Å²) in [5.41, 5.74) is 5.48. The Kier molecular flexibility index (Phi) is 1.10. The molecule has 0 saturated heterocycles. The lowest BCUT2D eigenvalue weighted by Gasteiger charge is -1.92. The number of nitrogens with two attached hydrogens (primary N) is 1. The predicted molar refractivity (Wildman–Crippen MR) is 26.1 cm³/mol. The van der Waals surface area contributed by atoms with Gasteiger partial charge in [-0.2, -0.15) is 0 Å². The molecule has 1 rings (SSSR count). The minimum atomic E-state index is 0.421. The van der Waals surface area contributed by atoms with E-state index in [1.54, 1.807) is 0 Å². The minimum Gasteiger partial charge on any atom is -0.327 e. The maximum absolute atomic E-state index is 5.48. The highest BCUT2D eigenvalue weighted by Gasteiger charge is 2.08. The molecule has 1 heteroatoms. The quantitative estimate of drug-likeness (QED) is 0.459. The molecule has 1 aliphatic carbocycles. The third-order valence-corrected chi connectivity index (χ3v) is 1.21. The number of hydrogen-bond acceptors (Lipinski definition) is 1. The van der Waals surface area contributed by atoms with E-state index in [0.717, 1.165) is 0 Å². The van der Waals surface area contributed by atoms with Crippen LogP contribution in [0.25, 0.3) is 0 Å². The van der Waals surface area contributed by atoms with Crippen LogP contribution >= 0.6 is 0 Å². The lowest BCUT2D eigenvalue weighted by atomic mass is 10.3. The summed E-state index contributed by atoms with van der Waals surface area (Å²) in [4.78, 5) is 0. The molecule has 0 heterocycles. The van der Waals surface area contributed by atoms with E-state index in [2.05, 4.69) is 6.42 Å². The Morgan fingerprint density at radius 2 is 2.50 bits per heavy atom. The van der Waals surface area contributed by atoms with Gasteiger partial charge in [0.25, 0.3) is 0 Å². The number of hydrogen-bond donors (Lipinski definition) is 1. The Bertz CT molecular complexity index is 37.2. The van der Waals surface area contributed by atoms with Gasteiger partial charge in [-0.15, -0.1) is 0 Å². The Labute approximate surface area is 38.5 Å². The van der Waals surface area contributed by atoms with Crippen molar-refractivity contribution in [3.8, 4) is 0 Å². The summed E-state index contributed by atoms with van der Waals surface area (Å²) in [6.07, 6.45) is 5.93. The van der Waals surface area contributed by atoms with Gasteiger partial charge in [-0.25, -0.2) is 0 Å². The first-order chi connectivity index (χ1) is 2.89. The number of rotatable bonds is 0. The van der Waals surface area contributed by atoms with Gasteiger partial charge >= 0.3 is 0 Å². The van der Waals surface area contributed by atoms with Crippen molar-refractivity contribution in [3.05, 3.63) is 6.42 Å². The lowest BCUT2D eigenvalue weighted by molar-refractivity contribution is 0.772. The van der Waals surface area contributed by atoms with E-state index in [1.807, 2.05) is 0 Å². The molecule has 35 valence electrons. The van der Waals surface area contributed by atoms with Crippen molar-refractivity contribution < 1.29 is 0 Å². The van der Waals surface area contributed by atoms with Gasteiger partial charge < -0.3 is 5.73 Å². The topological polar surface area (TPSA) is 26.0 Å². The standard InChI is InChI=1S/C5H10N/c6-5-3-1-2-4-5/h3,5H,1-2,4,6H2/t5-/m0/s1. The minimum absolute atomic E-state index is 0.421. The second-order valence-corrected chi connectivity index (χ2v) is 1.83. The predicted octanol–water partition coefficient (Wildman–Crippen LogP) is 0.702. The largest absolute Gasteiger partial charge is 0.327 e. The fraction of sp³-hybridized carbons (Fsp3) is 0.800. The molecule has 0 bridgehead atoms. The molecule has 1 radical (unpaired) electrons. The molecule has 0 aromatic rings. The monoisotopic (exact) mass is 84.1 g/mol. The lowest BCUT2D eigenvalue weighted by Crippen LogP contribution is -2.13. The van der Waals surface area contributed by atoms with Crippen LogP contribution in [0.1, 0.15) is 19.3 Å². The van der Waals surface area contributed by atoms with Gasteiger partial charge in [-0.1, -0.05) is 6.42 Å². The van der Waals surface area contributed by atoms with Crippen LogP contribution in [0.3, 0.4) is 0 Å². The molecule has 1 saturated carbocycles. The van der Waals surface area contributed by atoms with Crippen LogP contribution in [0, 0.1) is 6.42 Å². The van der Waals surface area contributed by atoms with Gasteiger partial charge in [0.15, 0.2) is 0 Å². The smallest absolute Gasteiger partial charge is 0.00703 e. The molecule has 0 aliphatic heterocycles. The van der Waals surface area contributed by atoms with Crippen LogP contribution < -0.4 is 5.73 Å². The van der Waals surface area contributed by atoms with E-state index < -0.39 is 0 Å². The van der Waals surface area contributed by atoms with Gasteiger partial charge in [-0.3, -0.25) is 0 Å². The van der Waals surface area contributed by atoms with Crippen molar-refractivity contribution in [2.45, 2.75) is 25.3 Å². The van der Waals surface area contributed by atoms with Gasteiger partial charge in [0.05, 0.1) is 0 Å². The summed E-state index contributed by atoms with van der Waals surface area (Å²) in [6, 6.07) is 0.421. The molecule has 0 aromatic heterocycles. The zero-order chi connectivity index (χ0) is 4.41. The first-order valence-corrected chi connectivity index (χ1v) is 2.48. The average Bonchev–Trinajstić information content (AvgIpc) is 1.86. The third-order valence-electron chi connectivity index (χ3n) is 1.21. The molecular formula is C5H10N. The first-order valence-electron chi connectivity index (χ1n) is 2.48. The van der Waals surface area contributed by atoms with E-state index in [-0.39, 0.29) is 0 Å². The van der Waals surface area contributed by atoms with E-state index >= 15 is 0 Å². The molecule has 1 atom stereocenters. The van der Waals surface area contributed by atoms with Crippen molar-refractivity contribution in [3.63, 3.8) is 0 Å². The van der Waals surface area contributed by atoms with Crippen molar-refractivity contribution >= 4 is 0 Å². The summed E-state index contributed by atoms with van der Waals surface area (Å²) in [6.45, 7) is 0. The fourth-order valence-corrected chi connectivity index (χ4v) is 0.803. The summed E-state index contributed by atoms with van der Waals surface area (Å²) in [7, 11) is 0. The SMILES string of the molecule is N[C@H]1[CH]CCC1. The summed E-state index contributed by atoms with van der Waals surface area (Å²) >= 11 is 0. The highest BCUT2D eigenvalue weighted by atomic mass is 14.6. The summed E-state index contributed by atoms with van der Waals surface area (Å²) < 4.78 is 0. The van der Waals surface area contributed by atoms with E-state index in [0.29, 0.717) is 6.04 Å². The molecule has 0 amide bonds. The maximum Gasteiger partial charge on any atom is 0.00703 e. The second kappa shape index (κ2) is 1.61. The third kappa shape index (κ3) is 0.716. The van der Waals surface area contributed by atoms with Crippen LogP contribution in [-0.2, 0) is 0 Å². The molecular weight excluding hydrogens is 74.1 g/mol. The maximum atomic E-state index is 5.48. The van der Waals surface area contributed by atoms with Crippen molar-refractivity contribution in [1.29, 1.82) is 0 Å². The normalized spacial score (nSPS) is 25.5. The van der Waals surface area contributed by atoms with Crippen molar-refractivity contribution in [2.24, 2.45) is 5.73 Å². The molecule has 1 fully saturated rings. The zero-order valence-electron chi connectivity index (χ0n) is 3.85. The Hall–Kier alpha value is -0.0400. The highest BCUT2D eigenvalue weighted by Crippen LogP contribution is 2.13. The van der Waals surface area contributed by atoms with E-state index in [1.165, 1.54) is 19.3 Å². The van der Waals surface area contributed by atoms with Gasteiger partial charge in [0.2, 0.25) is 0 Å². The molecule has 0 spiro atoms. The van der Waals surface area contributed by atoms with Gasteiger partial charge in [0.1, 0.15) is 0 Å². The fourth-order valence-electron chi connectivity index (χ4n) is 0.803. The second-order valence-electron chi connectivity index (χ2n) is 1.83. The average molecular weight is 84.1 g/mol. The zero-order valence-corrected chi connectivity index (χ0v) is 3.85. The summed E-state index contributed by atoms with van der Waals surface area (Å²) in [5.74, 6) is 0. The summed E-state index contributed by atoms with van der Waals surface area (Å²) in [5, 5.41) is 0. The van der Waals surface area contributed by atoms with Crippen LogP contribution in [-0.4, -0.2) is 6.04 Å². The van der Waals surface area contributed by atoms with Gasteiger partial charge in [0, 0.05) is 6.04 Å². The molecule has 0 aromatic carbocycles. The Balaban J connectivity index is 2.18. The molecule has 0 unspecified atom stereocenters. The van der Waals surface area contributed by atoms with E-state index in [9.17, 15) is 0 Å². The molecule has 2 N–H and O–H groups in total. The van der Waals surface area contributed by atoms with Crippen LogP contribution in [0.4, 0.5) is 0 Å². The van der Waals surface area contributed by atoms with Crippen LogP contribution in [0.15, 0.2) is 0 Å². The van der Waals surface area contributed by atoms with Crippen molar-refractivity contribution in [2.75, 3.05) is 0 Å². The molecule has 6 heavy (non-hydrogen) atoms. The van der Waals surface area contributed by atoms with Crippen LogP contribution in [0.5, 0.6) is 0 Å². The van der Waals surface area contributed by atoms with Gasteiger partial charge in [-0.05, 0) is 19.3 Å². The Morgan fingerprint density at radius 3 is 2.67 bits per heavy atom. The molecule has 1 nitrogen and oxygen atoms in total. The highest BCUT2D eigenvalue weighted by molar-refractivity contribution is 4.85.